The van der Waals surface area contributed by atoms with Crippen molar-refractivity contribution in [3.8, 4) is 11.1 Å². The molecule has 10 heteroatoms. The van der Waals surface area contributed by atoms with Crippen LogP contribution in [0.25, 0.3) is 22.2 Å². The summed E-state index contributed by atoms with van der Waals surface area (Å²) < 4.78 is 3.16. The summed E-state index contributed by atoms with van der Waals surface area (Å²) in [4.78, 5) is 17.4. The lowest BCUT2D eigenvalue weighted by Crippen LogP contribution is -2.20. The minimum absolute atomic E-state index is 0.0465. The number of fused-ring (bicyclic) bond motifs is 1. The van der Waals surface area contributed by atoms with Crippen molar-refractivity contribution < 1.29 is 4.79 Å². The maximum absolute atomic E-state index is 12.9. The van der Waals surface area contributed by atoms with Crippen molar-refractivity contribution in [1.82, 2.24) is 24.5 Å². The average molecular weight is 526 g/mol. The van der Waals surface area contributed by atoms with Crippen molar-refractivity contribution in [3.63, 3.8) is 0 Å². The number of aromatic nitrogens is 5. The number of amides is 1. The van der Waals surface area contributed by atoms with Crippen molar-refractivity contribution >= 4 is 57.6 Å². The Balaban J connectivity index is 1.36. The van der Waals surface area contributed by atoms with E-state index in [2.05, 4.69) is 20.5 Å². The second kappa shape index (κ2) is 9.70. The smallest absolute Gasteiger partial charge is 0.247 e. The van der Waals surface area contributed by atoms with Gasteiger partial charge in [0.05, 0.1) is 12.2 Å². The van der Waals surface area contributed by atoms with E-state index in [0.717, 1.165) is 22.2 Å². The van der Waals surface area contributed by atoms with E-state index in [-0.39, 0.29) is 18.3 Å². The summed E-state index contributed by atoms with van der Waals surface area (Å²) in [6.45, 7) is 2.17. The van der Waals surface area contributed by atoms with E-state index < -0.39 is 0 Å². The minimum Gasteiger partial charge on any atom is -0.306 e. The summed E-state index contributed by atoms with van der Waals surface area (Å²) in [6, 6.07) is 17.2. The molecule has 0 aliphatic rings. The Morgan fingerprint density at radius 1 is 0.943 bits per heavy atom. The summed E-state index contributed by atoms with van der Waals surface area (Å²) in [7, 11) is 0. The molecule has 0 bridgehead atoms. The number of pyridine rings is 1. The predicted molar refractivity (Wildman–Crippen MR) is 139 cm³/mol. The van der Waals surface area contributed by atoms with Gasteiger partial charge in [-0.25, -0.2) is 9.67 Å². The Morgan fingerprint density at radius 3 is 2.43 bits per heavy atom. The van der Waals surface area contributed by atoms with Crippen LogP contribution in [0, 0.1) is 6.92 Å². The highest BCUT2D eigenvalue weighted by molar-refractivity contribution is 6.36. The average Bonchev–Trinajstić information content (AvgIpc) is 3.35. The number of rotatable bonds is 6. The molecule has 0 spiro atoms. The Bertz CT molecular complexity index is 1520. The van der Waals surface area contributed by atoms with Crippen LogP contribution in [0.2, 0.25) is 15.1 Å². The number of aryl methyl sites for hydroxylation is 1. The Hall–Kier alpha value is -3.39. The van der Waals surface area contributed by atoms with Crippen LogP contribution >= 0.6 is 34.8 Å². The lowest BCUT2D eigenvalue weighted by molar-refractivity contribution is -0.116. The van der Waals surface area contributed by atoms with Crippen LogP contribution in [0.5, 0.6) is 0 Å². The third kappa shape index (κ3) is 4.75. The molecule has 0 radical (unpaired) electrons. The molecule has 3 heterocycles. The SMILES string of the molecule is Cc1nn(CC(=O)Nc2nn(Cc3c(Cl)cccc3Cl)cc2Cl)c2nccc(-c3ccccc3)c12. The van der Waals surface area contributed by atoms with Crippen LogP contribution in [0.15, 0.2) is 67.0 Å². The third-order valence-corrected chi connectivity index (χ3v) is 6.53. The number of anilines is 1. The number of carbonyl (C=O) groups is 1. The highest BCUT2D eigenvalue weighted by Gasteiger charge is 2.18. The molecular weight excluding hydrogens is 507 g/mol. The van der Waals surface area contributed by atoms with Crippen LogP contribution in [0.1, 0.15) is 11.3 Å². The Morgan fingerprint density at radius 2 is 1.69 bits per heavy atom. The number of hydrogen-bond acceptors (Lipinski definition) is 4. The van der Waals surface area contributed by atoms with E-state index in [1.807, 2.05) is 43.3 Å². The molecular formula is C25H19Cl3N6O. The molecule has 0 fully saturated rings. The molecule has 0 aliphatic heterocycles. The van der Waals surface area contributed by atoms with Gasteiger partial charge in [0.1, 0.15) is 11.6 Å². The Labute approximate surface area is 216 Å². The summed E-state index contributed by atoms with van der Waals surface area (Å²) in [5.74, 6) is -0.0878. The molecule has 3 aromatic heterocycles. The second-order valence-electron chi connectivity index (χ2n) is 7.94. The fourth-order valence-electron chi connectivity index (χ4n) is 3.97. The maximum Gasteiger partial charge on any atom is 0.247 e. The van der Waals surface area contributed by atoms with E-state index in [0.29, 0.717) is 32.8 Å². The molecule has 5 rings (SSSR count). The zero-order valence-corrected chi connectivity index (χ0v) is 20.8. The second-order valence-corrected chi connectivity index (χ2v) is 9.16. The molecule has 0 saturated carbocycles. The van der Waals surface area contributed by atoms with Gasteiger partial charge in [-0.2, -0.15) is 10.2 Å². The van der Waals surface area contributed by atoms with Gasteiger partial charge in [-0.15, -0.1) is 0 Å². The molecule has 35 heavy (non-hydrogen) atoms. The molecule has 0 atom stereocenters. The normalized spacial score (nSPS) is 11.2. The van der Waals surface area contributed by atoms with Gasteiger partial charge in [-0.3, -0.25) is 9.48 Å². The summed E-state index contributed by atoms with van der Waals surface area (Å²) in [5.41, 5.74) is 4.21. The van der Waals surface area contributed by atoms with Crippen LogP contribution in [-0.2, 0) is 17.9 Å². The standard InChI is InChI=1S/C25H19Cl3N6O/c1-15-23-17(16-6-3-2-4-7-16)10-11-29-25(23)34(31-15)14-22(35)30-24-21(28)13-33(32-24)12-18-19(26)8-5-9-20(18)27/h2-11,13H,12,14H2,1H3,(H,30,32,35). The summed E-state index contributed by atoms with van der Waals surface area (Å²) in [5, 5.41) is 14.0. The van der Waals surface area contributed by atoms with Crippen molar-refractivity contribution in [3.05, 3.63) is 93.3 Å². The number of hydrogen-bond donors (Lipinski definition) is 1. The maximum atomic E-state index is 12.9. The van der Waals surface area contributed by atoms with Gasteiger partial charge in [0, 0.05) is 33.4 Å². The number of halogens is 3. The van der Waals surface area contributed by atoms with E-state index in [1.165, 1.54) is 0 Å². The third-order valence-electron chi connectivity index (χ3n) is 5.54. The van der Waals surface area contributed by atoms with Gasteiger partial charge in [0.15, 0.2) is 11.5 Å². The van der Waals surface area contributed by atoms with Gasteiger partial charge in [0.25, 0.3) is 0 Å². The zero-order valence-electron chi connectivity index (χ0n) is 18.5. The molecule has 176 valence electrons. The highest BCUT2D eigenvalue weighted by Crippen LogP contribution is 2.30. The number of carbonyl (C=O) groups excluding carboxylic acids is 1. The van der Waals surface area contributed by atoms with Crippen molar-refractivity contribution in [2.75, 3.05) is 5.32 Å². The van der Waals surface area contributed by atoms with Crippen LogP contribution in [0.4, 0.5) is 5.82 Å². The van der Waals surface area contributed by atoms with Gasteiger partial charge in [0.2, 0.25) is 5.91 Å². The topological polar surface area (TPSA) is 77.6 Å². The first kappa shape index (κ1) is 23.4. The summed E-state index contributed by atoms with van der Waals surface area (Å²) in [6.07, 6.45) is 3.33. The molecule has 5 aromatic rings. The molecule has 1 N–H and O–H groups in total. The molecule has 0 saturated heterocycles. The van der Waals surface area contributed by atoms with Crippen LogP contribution < -0.4 is 5.32 Å². The molecule has 7 nitrogen and oxygen atoms in total. The Kier molecular flexibility index (Phi) is 6.47. The minimum atomic E-state index is -0.329. The lowest BCUT2D eigenvalue weighted by atomic mass is 10.0. The zero-order chi connectivity index (χ0) is 24.5. The van der Waals surface area contributed by atoms with Gasteiger partial charge >= 0.3 is 0 Å². The molecule has 1 amide bonds. The fourth-order valence-corrected chi connectivity index (χ4v) is 4.68. The first-order valence-electron chi connectivity index (χ1n) is 10.7. The van der Waals surface area contributed by atoms with E-state index >= 15 is 0 Å². The quantitative estimate of drug-likeness (QED) is 0.284. The van der Waals surface area contributed by atoms with Gasteiger partial charge < -0.3 is 5.32 Å². The van der Waals surface area contributed by atoms with Gasteiger partial charge in [-0.1, -0.05) is 71.2 Å². The monoisotopic (exact) mass is 524 g/mol. The van der Waals surface area contributed by atoms with E-state index in [9.17, 15) is 4.79 Å². The molecule has 2 aromatic carbocycles. The van der Waals surface area contributed by atoms with Crippen LogP contribution in [-0.4, -0.2) is 30.5 Å². The van der Waals surface area contributed by atoms with E-state index in [1.54, 1.807) is 40.0 Å². The van der Waals surface area contributed by atoms with Gasteiger partial charge in [-0.05, 0) is 36.2 Å². The predicted octanol–water partition coefficient (Wildman–Crippen LogP) is 6.25. The highest BCUT2D eigenvalue weighted by atomic mass is 35.5. The van der Waals surface area contributed by atoms with E-state index in [4.69, 9.17) is 34.8 Å². The first-order valence-corrected chi connectivity index (χ1v) is 11.9. The number of nitrogens with one attached hydrogen (secondary N) is 1. The number of nitrogens with zero attached hydrogens (tertiary/aromatic N) is 5. The lowest BCUT2D eigenvalue weighted by Gasteiger charge is -2.07. The van der Waals surface area contributed by atoms with Crippen molar-refractivity contribution in [2.24, 2.45) is 0 Å². The van der Waals surface area contributed by atoms with Crippen molar-refractivity contribution in [1.29, 1.82) is 0 Å². The fraction of sp³-hybridized carbons (Fsp3) is 0.120. The first-order chi connectivity index (χ1) is 16.9. The van der Waals surface area contributed by atoms with Crippen LogP contribution in [0.3, 0.4) is 0 Å². The largest absolute Gasteiger partial charge is 0.306 e. The summed E-state index contributed by atoms with van der Waals surface area (Å²) >= 11 is 18.8. The number of benzene rings is 2. The molecule has 0 aliphatic carbocycles. The molecule has 0 unspecified atom stereocenters. The van der Waals surface area contributed by atoms with Crippen molar-refractivity contribution in [2.45, 2.75) is 20.0 Å².